The number of nitrogens with zero attached hydrogens (tertiary/aromatic N) is 1. The van der Waals surface area contributed by atoms with E-state index in [1.165, 1.54) is 6.26 Å². The second-order valence-corrected chi connectivity index (χ2v) is 6.97. The Bertz CT molecular complexity index is 961. The molecule has 1 fully saturated rings. The first-order chi connectivity index (χ1) is 14.1. The quantitative estimate of drug-likeness (QED) is 0.617. The first kappa shape index (κ1) is 18.9. The van der Waals surface area contributed by atoms with E-state index < -0.39 is 0 Å². The van der Waals surface area contributed by atoms with Crippen LogP contribution in [0.5, 0.6) is 5.75 Å². The molecular formula is C22H22N2O5. The SMILES string of the molecule is CC(c1ccco1)N(C(=O)COc1cccc(NC(=O)c2ccco2)c1)C1CC1. The summed E-state index contributed by atoms with van der Waals surface area (Å²) in [4.78, 5) is 26.8. The Morgan fingerprint density at radius 2 is 1.93 bits per heavy atom. The van der Waals surface area contributed by atoms with Gasteiger partial charge in [-0.15, -0.1) is 0 Å². The van der Waals surface area contributed by atoms with Crippen LogP contribution in [-0.2, 0) is 4.79 Å². The Kier molecular flexibility index (Phi) is 5.37. The third-order valence-electron chi connectivity index (χ3n) is 4.80. The van der Waals surface area contributed by atoms with Gasteiger partial charge in [-0.05, 0) is 56.2 Å². The topological polar surface area (TPSA) is 84.9 Å². The molecule has 1 N–H and O–H groups in total. The Balaban J connectivity index is 1.38. The van der Waals surface area contributed by atoms with Crippen LogP contribution < -0.4 is 10.1 Å². The lowest BCUT2D eigenvalue weighted by Gasteiger charge is -2.28. The minimum absolute atomic E-state index is 0.0862. The highest BCUT2D eigenvalue weighted by molar-refractivity contribution is 6.02. The lowest BCUT2D eigenvalue weighted by molar-refractivity contribution is -0.136. The van der Waals surface area contributed by atoms with E-state index in [0.29, 0.717) is 11.4 Å². The van der Waals surface area contributed by atoms with E-state index in [4.69, 9.17) is 13.6 Å². The van der Waals surface area contributed by atoms with Gasteiger partial charge in [0.15, 0.2) is 12.4 Å². The van der Waals surface area contributed by atoms with Crippen molar-refractivity contribution in [2.75, 3.05) is 11.9 Å². The van der Waals surface area contributed by atoms with Crippen molar-refractivity contribution in [1.29, 1.82) is 0 Å². The number of hydrogen-bond acceptors (Lipinski definition) is 5. The minimum Gasteiger partial charge on any atom is -0.484 e. The summed E-state index contributed by atoms with van der Waals surface area (Å²) in [5.41, 5.74) is 0.555. The lowest BCUT2D eigenvalue weighted by atomic mass is 10.2. The number of rotatable bonds is 8. The second-order valence-electron chi connectivity index (χ2n) is 6.97. The predicted molar refractivity (Wildman–Crippen MR) is 106 cm³/mol. The summed E-state index contributed by atoms with van der Waals surface area (Å²) in [5.74, 6) is 1.03. The highest BCUT2D eigenvalue weighted by atomic mass is 16.5. The third-order valence-corrected chi connectivity index (χ3v) is 4.80. The molecule has 2 heterocycles. The van der Waals surface area contributed by atoms with Gasteiger partial charge in [0, 0.05) is 17.8 Å². The Morgan fingerprint density at radius 3 is 2.62 bits per heavy atom. The summed E-state index contributed by atoms with van der Waals surface area (Å²) in [6.45, 7) is 1.87. The van der Waals surface area contributed by atoms with Gasteiger partial charge in [0.05, 0.1) is 18.6 Å². The van der Waals surface area contributed by atoms with Crippen LogP contribution in [0.4, 0.5) is 5.69 Å². The number of benzene rings is 1. The van der Waals surface area contributed by atoms with E-state index in [-0.39, 0.29) is 36.3 Å². The molecule has 0 spiro atoms. The predicted octanol–water partition coefficient (Wildman–Crippen LogP) is 4.26. The van der Waals surface area contributed by atoms with Crippen LogP contribution in [0, 0.1) is 0 Å². The van der Waals surface area contributed by atoms with Crippen LogP contribution in [0.1, 0.15) is 42.1 Å². The minimum atomic E-state index is -0.351. The third kappa shape index (κ3) is 4.51. The number of nitrogens with one attached hydrogen (secondary N) is 1. The molecule has 0 aliphatic heterocycles. The van der Waals surface area contributed by atoms with Crippen molar-refractivity contribution in [2.24, 2.45) is 0 Å². The maximum atomic E-state index is 12.8. The van der Waals surface area contributed by atoms with E-state index >= 15 is 0 Å². The standard InChI is InChI=1S/C22H22N2O5/c1-15(19-7-3-11-27-19)24(17-9-10-17)21(25)14-29-18-6-2-5-16(13-18)23-22(26)20-8-4-12-28-20/h2-8,11-13,15,17H,9-10,14H2,1H3,(H,23,26). The number of carbonyl (C=O) groups is 2. The van der Waals surface area contributed by atoms with Crippen molar-refractivity contribution in [1.82, 2.24) is 4.90 Å². The smallest absolute Gasteiger partial charge is 0.291 e. The van der Waals surface area contributed by atoms with Gasteiger partial charge in [0.2, 0.25) is 0 Å². The second kappa shape index (κ2) is 8.26. The normalized spacial score (nSPS) is 14.2. The molecule has 1 aliphatic rings. The largest absolute Gasteiger partial charge is 0.484 e. The van der Waals surface area contributed by atoms with Crippen LogP contribution in [-0.4, -0.2) is 29.4 Å². The van der Waals surface area contributed by atoms with Gasteiger partial charge in [0.1, 0.15) is 11.5 Å². The van der Waals surface area contributed by atoms with Gasteiger partial charge < -0.3 is 23.8 Å². The van der Waals surface area contributed by atoms with E-state index in [9.17, 15) is 9.59 Å². The van der Waals surface area contributed by atoms with Crippen LogP contribution >= 0.6 is 0 Å². The van der Waals surface area contributed by atoms with Gasteiger partial charge in [-0.25, -0.2) is 0 Å². The fourth-order valence-corrected chi connectivity index (χ4v) is 3.24. The first-order valence-electron chi connectivity index (χ1n) is 9.54. The van der Waals surface area contributed by atoms with Crippen molar-refractivity contribution < 1.29 is 23.2 Å². The summed E-state index contributed by atoms with van der Waals surface area (Å²) in [7, 11) is 0. The molecule has 150 valence electrons. The van der Waals surface area contributed by atoms with Gasteiger partial charge in [-0.3, -0.25) is 9.59 Å². The van der Waals surface area contributed by atoms with Crippen LogP contribution in [0.2, 0.25) is 0 Å². The number of hydrogen-bond donors (Lipinski definition) is 1. The van der Waals surface area contributed by atoms with Crippen molar-refractivity contribution >= 4 is 17.5 Å². The molecule has 29 heavy (non-hydrogen) atoms. The van der Waals surface area contributed by atoms with E-state index in [2.05, 4.69) is 5.32 Å². The van der Waals surface area contributed by atoms with Crippen LogP contribution in [0.3, 0.4) is 0 Å². The fraction of sp³-hybridized carbons (Fsp3) is 0.273. The molecule has 2 amide bonds. The van der Waals surface area contributed by atoms with Crippen LogP contribution in [0.15, 0.2) is 69.9 Å². The Hall–Kier alpha value is -3.48. The Labute approximate surface area is 168 Å². The summed E-state index contributed by atoms with van der Waals surface area (Å²) in [5, 5.41) is 2.74. The number of amides is 2. The maximum absolute atomic E-state index is 12.8. The molecule has 1 aromatic carbocycles. The summed E-state index contributed by atoms with van der Waals surface area (Å²) < 4.78 is 16.3. The van der Waals surface area contributed by atoms with Crippen LogP contribution in [0.25, 0.3) is 0 Å². The van der Waals surface area contributed by atoms with Gasteiger partial charge in [-0.1, -0.05) is 6.07 Å². The van der Waals surface area contributed by atoms with Gasteiger partial charge in [0.25, 0.3) is 11.8 Å². The molecular weight excluding hydrogens is 372 g/mol. The monoisotopic (exact) mass is 394 g/mol. The van der Waals surface area contributed by atoms with Crippen molar-refractivity contribution in [3.63, 3.8) is 0 Å². The summed E-state index contributed by atoms with van der Waals surface area (Å²) >= 11 is 0. The molecule has 1 saturated carbocycles. The molecule has 1 unspecified atom stereocenters. The highest BCUT2D eigenvalue weighted by Crippen LogP contribution is 2.34. The van der Waals surface area contributed by atoms with E-state index in [1.54, 1.807) is 42.7 Å². The molecule has 2 aromatic heterocycles. The number of carbonyl (C=O) groups excluding carboxylic acids is 2. The first-order valence-corrected chi connectivity index (χ1v) is 9.54. The zero-order chi connectivity index (χ0) is 20.2. The number of ether oxygens (including phenoxy) is 1. The highest BCUT2D eigenvalue weighted by Gasteiger charge is 2.37. The van der Waals surface area contributed by atoms with Crippen molar-refractivity contribution in [3.05, 3.63) is 72.6 Å². The molecule has 7 heteroatoms. The zero-order valence-corrected chi connectivity index (χ0v) is 16.0. The average molecular weight is 394 g/mol. The molecule has 1 atom stereocenters. The molecule has 0 saturated heterocycles. The summed E-state index contributed by atoms with van der Waals surface area (Å²) in [6.07, 6.45) is 5.03. The molecule has 1 aliphatic carbocycles. The lowest BCUT2D eigenvalue weighted by Crippen LogP contribution is -2.38. The molecule has 0 bridgehead atoms. The molecule has 3 aromatic rings. The molecule has 0 radical (unpaired) electrons. The summed E-state index contributed by atoms with van der Waals surface area (Å²) in [6, 6.07) is 13.9. The van der Waals surface area contributed by atoms with Gasteiger partial charge in [-0.2, -0.15) is 0 Å². The average Bonchev–Trinajstić information content (AvgIpc) is 3.19. The zero-order valence-electron chi connectivity index (χ0n) is 16.0. The van der Waals surface area contributed by atoms with E-state index in [1.807, 2.05) is 24.0 Å². The van der Waals surface area contributed by atoms with Crippen molar-refractivity contribution in [3.8, 4) is 5.75 Å². The maximum Gasteiger partial charge on any atom is 0.291 e. The van der Waals surface area contributed by atoms with E-state index in [0.717, 1.165) is 18.6 Å². The fourth-order valence-electron chi connectivity index (χ4n) is 3.24. The number of furan rings is 2. The van der Waals surface area contributed by atoms with Crippen molar-refractivity contribution in [2.45, 2.75) is 31.8 Å². The molecule has 7 nitrogen and oxygen atoms in total. The van der Waals surface area contributed by atoms with Gasteiger partial charge >= 0.3 is 0 Å². The Morgan fingerprint density at radius 1 is 1.14 bits per heavy atom. The number of anilines is 1. The molecule has 4 rings (SSSR count).